The third-order valence-corrected chi connectivity index (χ3v) is 4.27. The molecule has 0 N–H and O–H groups in total. The number of ether oxygens (including phenoxy) is 1. The molecule has 1 aromatic heterocycles. The van der Waals surface area contributed by atoms with Crippen molar-refractivity contribution in [1.82, 2.24) is 4.98 Å². The van der Waals surface area contributed by atoms with Crippen LogP contribution in [0.25, 0.3) is 22.6 Å². The molecule has 0 fully saturated rings. The lowest BCUT2D eigenvalue weighted by molar-refractivity contribution is 0.0503. The fourth-order valence-electron chi connectivity index (χ4n) is 2.52. The largest absolute Gasteiger partial charge is 0.462 e. The zero-order valence-corrected chi connectivity index (χ0v) is 17.0. The molecule has 0 saturated carbocycles. The van der Waals surface area contributed by atoms with Crippen LogP contribution in [-0.2, 0) is 4.74 Å². The molecule has 29 heavy (non-hydrogen) atoms. The summed E-state index contributed by atoms with van der Waals surface area (Å²) in [6.07, 6.45) is 7.57. The van der Waals surface area contributed by atoms with Gasteiger partial charge in [0.05, 0.1) is 12.2 Å². The number of allylic oxidation sites excluding steroid dienone is 3. The molecule has 0 bridgehead atoms. The van der Waals surface area contributed by atoms with E-state index in [1.165, 1.54) is 0 Å². The number of aromatic nitrogens is 1. The van der Waals surface area contributed by atoms with Gasteiger partial charge >= 0.3 is 5.97 Å². The molecule has 0 amide bonds. The van der Waals surface area contributed by atoms with Crippen molar-refractivity contribution in [3.8, 4) is 11.5 Å². The van der Waals surface area contributed by atoms with Gasteiger partial charge in [0.1, 0.15) is 5.52 Å². The third kappa shape index (κ3) is 5.79. The van der Waals surface area contributed by atoms with Gasteiger partial charge in [-0.05, 0) is 42.5 Å². The summed E-state index contributed by atoms with van der Waals surface area (Å²) in [6.45, 7) is 4.42. The lowest BCUT2D eigenvalue weighted by atomic mass is 10.2. The van der Waals surface area contributed by atoms with Crippen molar-refractivity contribution < 1.29 is 13.9 Å². The number of rotatable bonds is 8. The van der Waals surface area contributed by atoms with Crippen molar-refractivity contribution in [1.29, 1.82) is 0 Å². The van der Waals surface area contributed by atoms with Gasteiger partial charge in [-0.25, -0.2) is 9.78 Å². The minimum atomic E-state index is -0.425. The Morgan fingerprint density at radius 2 is 1.97 bits per heavy atom. The van der Waals surface area contributed by atoms with Crippen molar-refractivity contribution >= 4 is 46.5 Å². The van der Waals surface area contributed by atoms with Crippen molar-refractivity contribution in [3.63, 3.8) is 0 Å². The molecule has 0 atom stereocenters. The van der Waals surface area contributed by atoms with Crippen molar-refractivity contribution in [2.45, 2.75) is 6.42 Å². The predicted octanol–water partition coefficient (Wildman–Crippen LogP) is 6.16. The molecule has 2 aromatic carbocycles. The van der Waals surface area contributed by atoms with E-state index in [2.05, 4.69) is 16.6 Å². The van der Waals surface area contributed by atoms with Gasteiger partial charge in [-0.15, -0.1) is 0 Å². The first-order valence-electron chi connectivity index (χ1n) is 8.88. The monoisotopic (exact) mass is 428 g/mol. The molecule has 0 unspecified atom stereocenters. The molecular weight excluding hydrogens is 411 g/mol. The number of nitrogens with zero attached hydrogens (tertiary/aromatic N) is 2. The number of carbonyl (C=O) groups excluding carboxylic acids is 1. The topological polar surface area (TPSA) is 64.7 Å². The number of fused-ring (bicyclic) bond motifs is 1. The number of benzene rings is 2. The minimum absolute atomic E-state index is 0.280. The molecule has 0 saturated heterocycles. The van der Waals surface area contributed by atoms with Gasteiger partial charge < -0.3 is 9.15 Å². The van der Waals surface area contributed by atoms with Gasteiger partial charge in [0.15, 0.2) is 5.58 Å². The first-order valence-corrected chi connectivity index (χ1v) is 9.64. The number of halogens is 2. The third-order valence-electron chi connectivity index (χ3n) is 3.84. The quantitative estimate of drug-likeness (QED) is 0.186. The summed E-state index contributed by atoms with van der Waals surface area (Å²) in [7, 11) is 0. The van der Waals surface area contributed by atoms with E-state index in [1.54, 1.807) is 60.8 Å². The summed E-state index contributed by atoms with van der Waals surface area (Å²) in [4.78, 5) is 20.8. The Bertz CT molecular complexity index is 1070. The highest BCUT2D eigenvalue weighted by Crippen LogP contribution is 2.29. The van der Waals surface area contributed by atoms with Gasteiger partial charge in [0.25, 0.3) is 0 Å². The molecule has 3 rings (SSSR count). The van der Waals surface area contributed by atoms with Gasteiger partial charge in [0.2, 0.25) is 5.89 Å². The van der Waals surface area contributed by atoms with E-state index < -0.39 is 5.97 Å². The second-order valence-corrected chi connectivity index (χ2v) is 6.90. The second-order valence-electron chi connectivity index (χ2n) is 6.02. The maximum absolute atomic E-state index is 12.2. The molecular formula is C22H18Cl2N2O3. The zero-order chi connectivity index (χ0) is 20.6. The average molecular weight is 429 g/mol. The highest BCUT2D eigenvalue weighted by molar-refractivity contribution is 6.35. The summed E-state index contributed by atoms with van der Waals surface area (Å²) in [5.74, 6) is -0.0514. The van der Waals surface area contributed by atoms with E-state index in [4.69, 9.17) is 32.4 Å². The van der Waals surface area contributed by atoms with Crippen LogP contribution in [0.4, 0.5) is 0 Å². The molecule has 3 aromatic rings. The van der Waals surface area contributed by atoms with E-state index in [1.807, 2.05) is 0 Å². The Morgan fingerprint density at radius 3 is 2.72 bits per heavy atom. The second kappa shape index (κ2) is 10.0. The molecule has 0 aliphatic carbocycles. The normalized spacial score (nSPS) is 11.5. The van der Waals surface area contributed by atoms with E-state index in [0.717, 1.165) is 0 Å². The van der Waals surface area contributed by atoms with Crippen molar-refractivity contribution in [2.75, 3.05) is 13.2 Å². The van der Waals surface area contributed by atoms with Gasteiger partial charge in [0, 0.05) is 34.8 Å². The lowest BCUT2D eigenvalue weighted by Gasteiger charge is -2.03. The number of esters is 1. The highest BCUT2D eigenvalue weighted by atomic mass is 35.5. The van der Waals surface area contributed by atoms with Crippen LogP contribution in [0.3, 0.4) is 0 Å². The summed E-state index contributed by atoms with van der Waals surface area (Å²) in [6, 6.07) is 10.0. The number of carbonyl (C=O) groups is 1. The highest BCUT2D eigenvalue weighted by Gasteiger charge is 2.13. The van der Waals surface area contributed by atoms with E-state index in [-0.39, 0.29) is 6.61 Å². The van der Waals surface area contributed by atoms with E-state index >= 15 is 0 Å². The van der Waals surface area contributed by atoms with Crippen LogP contribution in [0.2, 0.25) is 10.0 Å². The maximum atomic E-state index is 12.2. The first kappa shape index (κ1) is 20.8. The summed E-state index contributed by atoms with van der Waals surface area (Å²) in [5.41, 5.74) is 2.15. The van der Waals surface area contributed by atoms with Crippen LogP contribution in [-0.4, -0.2) is 30.3 Å². The van der Waals surface area contributed by atoms with Gasteiger partial charge in [-0.3, -0.25) is 4.99 Å². The van der Waals surface area contributed by atoms with Crippen molar-refractivity contribution in [3.05, 3.63) is 76.8 Å². The number of oxazole rings is 1. The zero-order valence-electron chi connectivity index (χ0n) is 15.5. The Kier molecular flexibility index (Phi) is 7.22. The van der Waals surface area contributed by atoms with Crippen LogP contribution in [0, 0.1) is 0 Å². The summed E-state index contributed by atoms with van der Waals surface area (Å²) in [5, 5.41) is 0.972. The Labute approximate surface area is 178 Å². The molecule has 1 heterocycles. The molecule has 148 valence electrons. The number of aliphatic imine (C=N–C) groups is 1. The summed E-state index contributed by atoms with van der Waals surface area (Å²) >= 11 is 12.1. The van der Waals surface area contributed by atoms with E-state index in [0.29, 0.717) is 51.1 Å². The predicted molar refractivity (Wildman–Crippen MR) is 117 cm³/mol. The van der Waals surface area contributed by atoms with Crippen LogP contribution < -0.4 is 0 Å². The first-order chi connectivity index (χ1) is 14.1. The molecule has 7 heteroatoms. The van der Waals surface area contributed by atoms with Crippen molar-refractivity contribution in [2.24, 2.45) is 4.99 Å². The molecule has 0 spiro atoms. The standard InChI is InChI=1S/C22H18Cl2N2O3/c1-2-3-4-8-25-9-5-10-28-22(27)15-6-7-19-20(13-15)29-21(26-19)16-11-17(23)14-18(24)12-16/h2-4,6-8,11-14H,1,5,9-10H2/b4-3-,25-8?. The molecule has 0 radical (unpaired) electrons. The number of hydrogen-bond acceptors (Lipinski definition) is 5. The van der Waals surface area contributed by atoms with Crippen LogP contribution >= 0.6 is 23.2 Å². The van der Waals surface area contributed by atoms with Crippen LogP contribution in [0.15, 0.2) is 70.6 Å². The SMILES string of the molecule is C=C/C=C\C=NCCCOC(=O)c1ccc2nc(-c3cc(Cl)cc(Cl)c3)oc2c1. The minimum Gasteiger partial charge on any atom is -0.462 e. The fourth-order valence-corrected chi connectivity index (χ4v) is 3.05. The summed E-state index contributed by atoms with van der Waals surface area (Å²) < 4.78 is 11.1. The van der Waals surface area contributed by atoms with Gasteiger partial charge in [-0.1, -0.05) is 41.9 Å². The Morgan fingerprint density at radius 1 is 1.17 bits per heavy atom. The maximum Gasteiger partial charge on any atom is 0.338 e. The Balaban J connectivity index is 1.63. The average Bonchev–Trinajstić information content (AvgIpc) is 3.12. The van der Waals surface area contributed by atoms with Gasteiger partial charge in [-0.2, -0.15) is 0 Å². The fraction of sp³-hybridized carbons (Fsp3) is 0.136. The molecule has 0 aliphatic heterocycles. The number of hydrogen-bond donors (Lipinski definition) is 0. The smallest absolute Gasteiger partial charge is 0.338 e. The van der Waals surface area contributed by atoms with Crippen LogP contribution in [0.5, 0.6) is 0 Å². The van der Waals surface area contributed by atoms with E-state index in [9.17, 15) is 4.79 Å². The lowest BCUT2D eigenvalue weighted by Crippen LogP contribution is -2.07. The van der Waals surface area contributed by atoms with Crippen LogP contribution in [0.1, 0.15) is 16.8 Å². The molecule has 5 nitrogen and oxygen atoms in total. The molecule has 0 aliphatic rings. The Hall–Kier alpha value is -2.89.